The molecule has 31 heavy (non-hydrogen) atoms. The fourth-order valence-corrected chi connectivity index (χ4v) is 5.34. The van der Waals surface area contributed by atoms with Crippen molar-refractivity contribution in [3.8, 4) is 0 Å². The van der Waals surface area contributed by atoms with Crippen LogP contribution in [0.1, 0.15) is 29.1 Å². The zero-order valence-electron chi connectivity index (χ0n) is 17.6. The summed E-state index contributed by atoms with van der Waals surface area (Å²) in [7, 11) is 1.46. The summed E-state index contributed by atoms with van der Waals surface area (Å²) in [4.78, 5) is 48.4. The monoisotopic (exact) mass is 460 g/mol. The van der Waals surface area contributed by atoms with E-state index in [9.17, 15) is 14.4 Å². The largest absolute Gasteiger partial charge is 0.340 e. The summed E-state index contributed by atoms with van der Waals surface area (Å²) < 4.78 is 0. The topological polar surface area (TPSA) is 73.8 Å². The number of benzene rings is 1. The number of rotatable bonds is 5. The third-order valence-corrected chi connectivity index (χ3v) is 7.31. The number of hydrogen-bond donors (Lipinski definition) is 0. The number of nitrogens with zero attached hydrogens (tertiary/aromatic N) is 4. The van der Waals surface area contributed by atoms with E-state index in [2.05, 4.69) is 15.3 Å². The summed E-state index contributed by atoms with van der Waals surface area (Å²) in [5.74, 6) is -0.780. The Hall–Kier alpha value is -2.29. The van der Waals surface area contributed by atoms with Crippen LogP contribution in [0.4, 0.5) is 0 Å². The van der Waals surface area contributed by atoms with Crippen molar-refractivity contribution in [2.24, 2.45) is 0 Å². The minimum absolute atomic E-state index is 0.0407. The van der Waals surface area contributed by atoms with Gasteiger partial charge in [0.2, 0.25) is 17.7 Å². The molecule has 3 heterocycles. The zero-order chi connectivity index (χ0) is 22.2. The Kier molecular flexibility index (Phi) is 6.14. The molecule has 3 amide bonds. The predicted molar refractivity (Wildman–Crippen MR) is 119 cm³/mol. The van der Waals surface area contributed by atoms with Gasteiger partial charge in [-0.3, -0.25) is 24.2 Å². The second kappa shape index (κ2) is 8.68. The maximum absolute atomic E-state index is 13.2. The van der Waals surface area contributed by atoms with E-state index in [-0.39, 0.29) is 30.6 Å². The van der Waals surface area contributed by atoms with Crippen LogP contribution in [-0.4, -0.2) is 70.6 Å². The molecule has 2 aliphatic heterocycles. The highest BCUT2D eigenvalue weighted by atomic mass is 35.5. The summed E-state index contributed by atoms with van der Waals surface area (Å²) in [5, 5.41) is 3.52. The number of piperazine rings is 1. The minimum Gasteiger partial charge on any atom is -0.340 e. The second-order valence-corrected chi connectivity index (χ2v) is 9.66. The molecule has 2 aromatic rings. The van der Waals surface area contributed by atoms with Crippen LogP contribution in [0.15, 0.2) is 29.6 Å². The number of carbonyl (C=O) groups is 3. The molecule has 0 N–H and O–H groups in total. The lowest BCUT2D eigenvalue weighted by molar-refractivity contribution is -0.142. The molecule has 0 spiro atoms. The van der Waals surface area contributed by atoms with Gasteiger partial charge in [-0.25, -0.2) is 4.98 Å². The molecular formula is C22H25ClN4O3S. The van der Waals surface area contributed by atoms with Crippen LogP contribution in [0.25, 0.3) is 0 Å². The normalized spacial score (nSPS) is 22.4. The van der Waals surface area contributed by atoms with Gasteiger partial charge in [0, 0.05) is 63.0 Å². The first-order valence-electron chi connectivity index (χ1n) is 10.3. The SMILES string of the molecule is Cc1nc(CN2CCN(C(=O)CC3(c4ccccc4Cl)CC(=O)N(C)C3=O)CC2)cs1. The average molecular weight is 461 g/mol. The van der Waals surface area contributed by atoms with E-state index in [0.29, 0.717) is 23.7 Å². The van der Waals surface area contributed by atoms with Gasteiger partial charge in [-0.15, -0.1) is 11.3 Å². The van der Waals surface area contributed by atoms with Gasteiger partial charge in [0.1, 0.15) is 0 Å². The molecule has 1 atom stereocenters. The third-order valence-electron chi connectivity index (χ3n) is 6.16. The lowest BCUT2D eigenvalue weighted by Gasteiger charge is -2.36. The van der Waals surface area contributed by atoms with E-state index in [4.69, 9.17) is 11.6 Å². The number of amides is 3. The molecule has 1 unspecified atom stereocenters. The highest BCUT2D eigenvalue weighted by Crippen LogP contribution is 2.42. The quantitative estimate of drug-likeness (QED) is 0.641. The number of likely N-dealkylation sites (tertiary alicyclic amines) is 1. The predicted octanol–water partition coefficient (Wildman–Crippen LogP) is 2.47. The molecule has 1 aromatic carbocycles. The number of aryl methyl sites for hydroxylation is 1. The Balaban J connectivity index is 1.47. The number of hydrogen-bond acceptors (Lipinski definition) is 6. The van der Waals surface area contributed by atoms with E-state index in [1.54, 1.807) is 40.5 Å². The molecule has 9 heteroatoms. The highest BCUT2D eigenvalue weighted by molar-refractivity contribution is 7.09. The smallest absolute Gasteiger partial charge is 0.240 e. The Morgan fingerprint density at radius 3 is 2.48 bits per heavy atom. The standard InChI is InChI=1S/C22H25ClN4O3S/c1-15-24-16(14-31-15)13-26-7-9-27(10-8-26)20(29)12-22(11-19(28)25(2)21(22)30)17-5-3-4-6-18(17)23/h3-6,14H,7-13H2,1-2H3. The van der Waals surface area contributed by atoms with Gasteiger partial charge in [0.05, 0.1) is 16.1 Å². The third kappa shape index (κ3) is 4.24. The van der Waals surface area contributed by atoms with Crippen LogP contribution < -0.4 is 0 Å². The molecule has 164 valence electrons. The summed E-state index contributed by atoms with van der Waals surface area (Å²) >= 11 is 8.04. The van der Waals surface area contributed by atoms with E-state index in [0.717, 1.165) is 35.2 Å². The number of aromatic nitrogens is 1. The molecule has 1 aromatic heterocycles. The fourth-order valence-electron chi connectivity index (χ4n) is 4.42. The van der Waals surface area contributed by atoms with Crippen molar-refractivity contribution in [3.63, 3.8) is 0 Å². The van der Waals surface area contributed by atoms with Gasteiger partial charge >= 0.3 is 0 Å². The van der Waals surface area contributed by atoms with Crippen LogP contribution in [0.5, 0.6) is 0 Å². The lowest BCUT2D eigenvalue weighted by atomic mass is 9.75. The number of halogens is 1. The van der Waals surface area contributed by atoms with Gasteiger partial charge < -0.3 is 4.90 Å². The molecule has 0 radical (unpaired) electrons. The Labute approximate surface area is 190 Å². The fraction of sp³-hybridized carbons (Fsp3) is 0.455. The molecule has 2 saturated heterocycles. The molecule has 4 rings (SSSR count). The van der Waals surface area contributed by atoms with Crippen molar-refractivity contribution in [2.45, 2.75) is 31.7 Å². The minimum atomic E-state index is -1.24. The summed E-state index contributed by atoms with van der Waals surface area (Å²) in [6, 6.07) is 6.99. The number of likely N-dealkylation sites (N-methyl/N-ethyl adjacent to an activating group) is 1. The Morgan fingerprint density at radius 1 is 1.19 bits per heavy atom. The molecular weight excluding hydrogens is 436 g/mol. The molecule has 2 fully saturated rings. The van der Waals surface area contributed by atoms with E-state index >= 15 is 0 Å². The van der Waals surface area contributed by atoms with Crippen LogP contribution >= 0.6 is 22.9 Å². The van der Waals surface area contributed by atoms with Crippen molar-refractivity contribution in [2.75, 3.05) is 33.2 Å². The first-order chi connectivity index (χ1) is 14.8. The van der Waals surface area contributed by atoms with Crippen molar-refractivity contribution in [3.05, 3.63) is 50.9 Å². The zero-order valence-corrected chi connectivity index (χ0v) is 19.2. The molecule has 2 aliphatic rings. The second-order valence-electron chi connectivity index (χ2n) is 8.19. The summed E-state index contributed by atoms with van der Waals surface area (Å²) in [6.45, 7) is 5.42. The van der Waals surface area contributed by atoms with Gasteiger partial charge in [-0.05, 0) is 18.6 Å². The van der Waals surface area contributed by atoms with Crippen molar-refractivity contribution < 1.29 is 14.4 Å². The summed E-state index contributed by atoms with van der Waals surface area (Å²) in [6.07, 6.45) is -0.0993. The number of imide groups is 1. The molecule has 0 bridgehead atoms. The van der Waals surface area contributed by atoms with Gasteiger partial charge in [0.25, 0.3) is 0 Å². The maximum atomic E-state index is 13.2. The Bertz CT molecular complexity index is 1020. The van der Waals surface area contributed by atoms with Crippen LogP contribution in [-0.2, 0) is 26.3 Å². The van der Waals surface area contributed by atoms with Crippen LogP contribution in [0.2, 0.25) is 5.02 Å². The molecule has 0 saturated carbocycles. The van der Waals surface area contributed by atoms with Gasteiger partial charge in [-0.1, -0.05) is 29.8 Å². The van der Waals surface area contributed by atoms with E-state index < -0.39 is 5.41 Å². The molecule has 0 aliphatic carbocycles. The van der Waals surface area contributed by atoms with E-state index in [1.165, 1.54) is 7.05 Å². The average Bonchev–Trinajstić information content (AvgIpc) is 3.25. The number of carbonyl (C=O) groups excluding carboxylic acids is 3. The van der Waals surface area contributed by atoms with Crippen molar-refractivity contribution in [1.82, 2.24) is 19.7 Å². The van der Waals surface area contributed by atoms with E-state index in [1.807, 2.05) is 6.92 Å². The maximum Gasteiger partial charge on any atom is 0.240 e. The highest BCUT2D eigenvalue weighted by Gasteiger charge is 2.53. The first-order valence-corrected chi connectivity index (χ1v) is 11.5. The molecule has 7 nitrogen and oxygen atoms in total. The van der Waals surface area contributed by atoms with Gasteiger partial charge in [-0.2, -0.15) is 0 Å². The Morgan fingerprint density at radius 2 is 1.90 bits per heavy atom. The van der Waals surface area contributed by atoms with Crippen LogP contribution in [0, 0.1) is 6.92 Å². The number of thiazole rings is 1. The van der Waals surface area contributed by atoms with Crippen molar-refractivity contribution >= 4 is 40.7 Å². The van der Waals surface area contributed by atoms with Crippen LogP contribution in [0.3, 0.4) is 0 Å². The first kappa shape index (κ1) is 21.9. The van der Waals surface area contributed by atoms with Crippen molar-refractivity contribution in [1.29, 1.82) is 0 Å². The summed E-state index contributed by atoms with van der Waals surface area (Å²) in [5.41, 5.74) is 0.361. The lowest BCUT2D eigenvalue weighted by Crippen LogP contribution is -2.50. The van der Waals surface area contributed by atoms with Gasteiger partial charge in [0.15, 0.2) is 0 Å².